The van der Waals surface area contributed by atoms with Crippen molar-refractivity contribution < 1.29 is 30.6 Å². The van der Waals surface area contributed by atoms with Crippen molar-refractivity contribution in [1.29, 1.82) is 0 Å². The summed E-state index contributed by atoms with van der Waals surface area (Å²) in [6, 6.07) is 18.0. The number of hydrogen-bond donors (Lipinski definition) is 7. The molecule has 3 fully saturated rings. The largest absolute Gasteiger partial charge is 0.507 e. The van der Waals surface area contributed by atoms with Crippen molar-refractivity contribution in [2.45, 2.75) is 82.9 Å². The standard InChI is InChI=1S/C50H53N3O6/c54-38-19-14-31(26-41(38)57)13-17-35-36-6-1-7-39(55)44(36)46(59)45(58)37(35)18-12-30-8-10-32(11-9-30)27-52-42-21-16-34-5-3-23-49(34)25-24-48-22-2-4-33(48)15-20-40(56)47(48)50(42,49)43-28-51-29-53-43/h1,6-11,13-17,19-21,26,28,33-34,40,42,47,52,54-59H,2-5,12,18,22-25,27,29H2. The summed E-state index contributed by atoms with van der Waals surface area (Å²) in [4.78, 5) is 9.88. The van der Waals surface area contributed by atoms with Crippen LogP contribution in [0.4, 0.5) is 0 Å². The molecule has 5 aliphatic carbocycles. The van der Waals surface area contributed by atoms with Crippen LogP contribution < -0.4 is 5.32 Å². The number of phenols is 5. The van der Waals surface area contributed by atoms with E-state index in [0.717, 1.165) is 29.7 Å². The monoisotopic (exact) mass is 791 g/mol. The molecule has 2 spiro atoms. The lowest BCUT2D eigenvalue weighted by Gasteiger charge is -2.69. The van der Waals surface area contributed by atoms with Crippen molar-refractivity contribution in [2.75, 3.05) is 6.67 Å². The van der Waals surface area contributed by atoms with Gasteiger partial charge < -0.3 is 36.0 Å². The third kappa shape index (κ3) is 5.71. The molecule has 0 amide bonds. The molecule has 3 saturated carbocycles. The quantitative estimate of drug-likeness (QED) is 0.0508. The van der Waals surface area contributed by atoms with Crippen molar-refractivity contribution in [3.63, 3.8) is 0 Å². The van der Waals surface area contributed by atoms with Gasteiger partial charge in [0, 0.05) is 35.7 Å². The number of aliphatic hydroxyl groups is 1. The summed E-state index contributed by atoms with van der Waals surface area (Å²) < 4.78 is 0. The summed E-state index contributed by atoms with van der Waals surface area (Å²) in [5, 5.41) is 70.0. The Labute approximate surface area is 344 Å². The van der Waals surface area contributed by atoms with Crippen LogP contribution in [0.15, 0.2) is 95.0 Å². The Bertz CT molecular complexity index is 2470. The Hall–Kier alpha value is -5.38. The summed E-state index contributed by atoms with van der Waals surface area (Å²) in [5.41, 5.74) is 4.84. The van der Waals surface area contributed by atoms with E-state index in [1.165, 1.54) is 56.7 Å². The molecular formula is C50H53N3O6. The minimum absolute atomic E-state index is 0.00980. The molecule has 0 aromatic heterocycles. The molecule has 0 saturated heterocycles. The van der Waals surface area contributed by atoms with E-state index in [1.54, 1.807) is 30.4 Å². The maximum atomic E-state index is 12.2. The number of nitrogens with zero attached hydrogens (tertiary/aromatic N) is 2. The predicted molar refractivity (Wildman–Crippen MR) is 232 cm³/mol. The first-order valence-electron chi connectivity index (χ1n) is 21.5. The minimum Gasteiger partial charge on any atom is -0.507 e. The number of aliphatic hydroxyl groups excluding tert-OH is 1. The van der Waals surface area contributed by atoms with Crippen molar-refractivity contribution in [3.05, 3.63) is 113 Å². The van der Waals surface area contributed by atoms with Gasteiger partial charge in [-0.1, -0.05) is 91.8 Å². The van der Waals surface area contributed by atoms with Crippen LogP contribution in [-0.2, 0) is 19.4 Å². The third-order valence-electron chi connectivity index (χ3n) is 15.6. The fraction of sp³-hybridized carbons (Fsp3) is 0.400. The zero-order valence-electron chi connectivity index (χ0n) is 33.3. The van der Waals surface area contributed by atoms with E-state index in [2.05, 4.69) is 60.1 Å². The lowest BCUT2D eigenvalue weighted by atomic mass is 9.35. The van der Waals surface area contributed by atoms with Gasteiger partial charge in [0.1, 0.15) is 12.4 Å². The van der Waals surface area contributed by atoms with Gasteiger partial charge in [-0.2, -0.15) is 0 Å². The Morgan fingerprint density at radius 2 is 1.53 bits per heavy atom. The van der Waals surface area contributed by atoms with E-state index in [-0.39, 0.29) is 62.3 Å². The van der Waals surface area contributed by atoms with Gasteiger partial charge in [-0.15, -0.1) is 0 Å². The first kappa shape index (κ1) is 37.9. The van der Waals surface area contributed by atoms with Gasteiger partial charge in [0.05, 0.1) is 17.2 Å². The molecule has 4 aromatic rings. The van der Waals surface area contributed by atoms with Gasteiger partial charge in [0.25, 0.3) is 0 Å². The van der Waals surface area contributed by atoms with Crippen molar-refractivity contribution in [2.24, 2.45) is 44.0 Å². The second-order valence-electron chi connectivity index (χ2n) is 18.0. The smallest absolute Gasteiger partial charge is 0.169 e. The van der Waals surface area contributed by atoms with Crippen LogP contribution in [-0.4, -0.2) is 61.4 Å². The molecule has 304 valence electrons. The van der Waals surface area contributed by atoms with Crippen molar-refractivity contribution in [1.82, 2.24) is 5.32 Å². The number of fused-ring (bicyclic) bond motifs is 2. The Morgan fingerprint density at radius 1 is 0.729 bits per heavy atom. The molecule has 10 rings (SSSR count). The van der Waals surface area contributed by atoms with E-state index in [9.17, 15) is 30.6 Å². The maximum absolute atomic E-state index is 12.2. The number of allylic oxidation sites excluding steroid dienone is 2. The number of aromatic hydroxyl groups is 5. The van der Waals surface area contributed by atoms with E-state index in [1.807, 2.05) is 0 Å². The van der Waals surface area contributed by atoms with Gasteiger partial charge in [-0.3, -0.25) is 9.98 Å². The van der Waals surface area contributed by atoms with E-state index >= 15 is 0 Å². The van der Waals surface area contributed by atoms with Crippen LogP contribution >= 0.6 is 0 Å². The minimum atomic E-state index is -0.526. The predicted octanol–water partition coefficient (Wildman–Crippen LogP) is 8.73. The van der Waals surface area contributed by atoms with Gasteiger partial charge in [0.2, 0.25) is 0 Å². The molecule has 0 radical (unpaired) electrons. The Morgan fingerprint density at radius 3 is 2.34 bits per heavy atom. The molecule has 8 atom stereocenters. The molecular weight excluding hydrogens is 739 g/mol. The first-order chi connectivity index (χ1) is 28.7. The maximum Gasteiger partial charge on any atom is 0.169 e. The zero-order valence-corrected chi connectivity index (χ0v) is 33.3. The highest BCUT2D eigenvalue weighted by atomic mass is 16.3. The molecule has 4 aromatic carbocycles. The summed E-state index contributed by atoms with van der Waals surface area (Å²) >= 11 is 0. The number of benzene rings is 4. The van der Waals surface area contributed by atoms with Crippen LogP contribution in [0.1, 0.15) is 79.2 Å². The average Bonchev–Trinajstić information content (AvgIpc) is 4.03. The van der Waals surface area contributed by atoms with Crippen LogP contribution in [0.25, 0.3) is 22.9 Å². The summed E-state index contributed by atoms with van der Waals surface area (Å²) in [7, 11) is 0. The summed E-state index contributed by atoms with van der Waals surface area (Å²) in [6.45, 7) is 1.12. The van der Waals surface area contributed by atoms with E-state index < -0.39 is 6.10 Å². The second kappa shape index (κ2) is 14.4. The van der Waals surface area contributed by atoms with E-state index in [0.29, 0.717) is 60.0 Å². The third-order valence-corrected chi connectivity index (χ3v) is 15.6. The fourth-order valence-electron chi connectivity index (χ4n) is 13.2. The lowest BCUT2D eigenvalue weighted by Crippen LogP contribution is -2.73. The number of aryl methyl sites for hydroxylation is 1. The SMILES string of the molecule is Oc1ccc(C=Cc2c(CCc3ccc(CNC4C=CC5CCCC56CCC57CCCC5C=CC(O)C7C46C4=NCN=C4)cc3)c(O)c(O)c3c(O)cccc23)cc1O. The molecule has 9 nitrogen and oxygen atoms in total. The molecule has 0 bridgehead atoms. The average molecular weight is 792 g/mol. The fourth-order valence-corrected chi connectivity index (χ4v) is 13.2. The second-order valence-corrected chi connectivity index (χ2v) is 18.0. The first-order valence-corrected chi connectivity index (χ1v) is 21.5. The number of hydrogen-bond acceptors (Lipinski definition) is 9. The highest BCUT2D eigenvalue weighted by Crippen LogP contribution is 2.76. The summed E-state index contributed by atoms with van der Waals surface area (Å²) in [5.74, 6) is -0.221. The molecule has 1 heterocycles. The lowest BCUT2D eigenvalue weighted by molar-refractivity contribution is -0.165. The molecule has 7 N–H and O–H groups in total. The normalized spacial score (nSPS) is 31.7. The van der Waals surface area contributed by atoms with Gasteiger partial charge in [0.15, 0.2) is 23.0 Å². The van der Waals surface area contributed by atoms with Crippen LogP contribution in [0, 0.1) is 34.0 Å². The number of rotatable bonds is 9. The number of nitrogens with one attached hydrogen (secondary N) is 1. The van der Waals surface area contributed by atoms with Crippen molar-refractivity contribution >= 4 is 34.9 Å². The van der Waals surface area contributed by atoms with Crippen LogP contribution in [0.3, 0.4) is 0 Å². The number of phenolic OH excluding ortho intramolecular Hbond substituents is 5. The van der Waals surface area contributed by atoms with Gasteiger partial charge in [-0.05, 0) is 120 Å². The van der Waals surface area contributed by atoms with Gasteiger partial charge >= 0.3 is 0 Å². The summed E-state index contributed by atoms with van der Waals surface area (Å²) in [6.07, 6.45) is 24.9. The molecule has 6 aliphatic rings. The van der Waals surface area contributed by atoms with Gasteiger partial charge in [-0.25, -0.2) is 0 Å². The highest BCUT2D eigenvalue weighted by Gasteiger charge is 2.74. The Kier molecular flexibility index (Phi) is 9.25. The topological polar surface area (TPSA) is 158 Å². The van der Waals surface area contributed by atoms with Crippen LogP contribution in [0.2, 0.25) is 0 Å². The molecule has 9 heteroatoms. The molecule has 59 heavy (non-hydrogen) atoms. The molecule has 1 aliphatic heterocycles. The van der Waals surface area contributed by atoms with Crippen molar-refractivity contribution in [3.8, 4) is 28.7 Å². The Balaban J connectivity index is 0.934. The highest BCUT2D eigenvalue weighted by molar-refractivity contribution is 6.35. The number of aliphatic imine (C=N–C) groups is 2. The molecule has 8 unspecified atom stereocenters. The van der Waals surface area contributed by atoms with Crippen LogP contribution in [0.5, 0.6) is 28.7 Å². The zero-order chi connectivity index (χ0) is 40.5. The van der Waals surface area contributed by atoms with E-state index in [4.69, 9.17) is 9.98 Å².